The number of benzene rings is 3. The molecule has 0 heterocycles. The summed E-state index contributed by atoms with van der Waals surface area (Å²) in [5, 5.41) is 14.8. The van der Waals surface area contributed by atoms with Gasteiger partial charge in [-0.25, -0.2) is 9.18 Å². The van der Waals surface area contributed by atoms with Crippen molar-refractivity contribution in [3.05, 3.63) is 95.8 Å². The number of phenols is 1. The van der Waals surface area contributed by atoms with Crippen LogP contribution in [0.1, 0.15) is 48.2 Å². The fourth-order valence-electron chi connectivity index (χ4n) is 3.48. The molecule has 37 heavy (non-hydrogen) atoms. The number of anilines is 3. The van der Waals surface area contributed by atoms with Crippen LogP contribution in [-0.2, 0) is 9.53 Å². The smallest absolute Gasteiger partial charge is 0.412 e. The second-order valence-electron chi connectivity index (χ2n) is 8.27. The molecule has 0 aliphatic carbocycles. The van der Waals surface area contributed by atoms with Gasteiger partial charge in [-0.1, -0.05) is 24.3 Å². The Bertz CT molecular complexity index is 1290. The number of nitrogens with one attached hydrogen (secondary N) is 2. The summed E-state index contributed by atoms with van der Waals surface area (Å²) < 4.78 is 19.5. The number of halogens is 1. The third kappa shape index (κ3) is 8.21. The average Bonchev–Trinajstić information content (AvgIpc) is 2.86. The standard InChI is InChI=1S/C28H28FN3O5/c1-18(33)19-11-14-21(15-12-19)31-28(36)37-26(20-13-16-25(34)22(29)17-20)9-3-2-4-10-27(35)32-24-8-6-5-7-23(24)30/h4-8,10-17,26,34H,2-3,9,30H2,1H3,(H,31,36)(H,32,35)/b10-4+/t26-/m1/s1. The van der Waals surface area contributed by atoms with E-state index in [1.807, 2.05) is 0 Å². The number of carbonyl (C=O) groups is 3. The normalized spacial score (nSPS) is 11.6. The molecule has 2 amide bonds. The molecule has 0 unspecified atom stereocenters. The van der Waals surface area contributed by atoms with E-state index >= 15 is 0 Å². The highest BCUT2D eigenvalue weighted by Crippen LogP contribution is 2.28. The summed E-state index contributed by atoms with van der Waals surface area (Å²) in [5.74, 6) is -1.77. The summed E-state index contributed by atoms with van der Waals surface area (Å²) in [7, 11) is 0. The van der Waals surface area contributed by atoms with Gasteiger partial charge in [0.05, 0.1) is 11.4 Å². The van der Waals surface area contributed by atoms with Crippen LogP contribution in [0.25, 0.3) is 0 Å². The largest absolute Gasteiger partial charge is 0.505 e. The van der Waals surface area contributed by atoms with Crippen molar-refractivity contribution in [2.75, 3.05) is 16.4 Å². The lowest BCUT2D eigenvalue weighted by Gasteiger charge is -2.19. The van der Waals surface area contributed by atoms with Crippen LogP contribution in [0.5, 0.6) is 5.75 Å². The molecule has 5 N–H and O–H groups in total. The third-order valence-electron chi connectivity index (χ3n) is 5.46. The summed E-state index contributed by atoms with van der Waals surface area (Å²) in [4.78, 5) is 36.1. The van der Waals surface area contributed by atoms with Crippen LogP contribution in [0.2, 0.25) is 0 Å². The maximum atomic E-state index is 14.0. The molecule has 192 valence electrons. The molecule has 0 spiro atoms. The fraction of sp³-hybridized carbons (Fsp3) is 0.179. The Kier molecular flexibility index (Phi) is 9.37. The summed E-state index contributed by atoms with van der Waals surface area (Å²) >= 11 is 0. The van der Waals surface area contributed by atoms with E-state index in [4.69, 9.17) is 10.5 Å². The van der Waals surface area contributed by atoms with E-state index in [9.17, 15) is 23.9 Å². The zero-order chi connectivity index (χ0) is 26.8. The molecule has 3 aromatic carbocycles. The highest BCUT2D eigenvalue weighted by atomic mass is 19.1. The molecule has 9 heteroatoms. The number of nitrogens with two attached hydrogens (primary N) is 1. The predicted molar refractivity (Wildman–Crippen MR) is 140 cm³/mol. The van der Waals surface area contributed by atoms with Crippen molar-refractivity contribution < 1.29 is 28.6 Å². The molecule has 0 aliphatic rings. The topological polar surface area (TPSA) is 131 Å². The summed E-state index contributed by atoms with van der Waals surface area (Å²) in [5.41, 5.74) is 8.10. The fourth-order valence-corrected chi connectivity index (χ4v) is 3.48. The molecule has 0 saturated carbocycles. The van der Waals surface area contributed by atoms with E-state index in [2.05, 4.69) is 10.6 Å². The van der Waals surface area contributed by atoms with Gasteiger partial charge in [0.1, 0.15) is 6.10 Å². The van der Waals surface area contributed by atoms with Crippen molar-refractivity contribution in [3.8, 4) is 5.75 Å². The molecular formula is C28H28FN3O5. The van der Waals surface area contributed by atoms with E-state index < -0.39 is 23.8 Å². The molecule has 0 fully saturated rings. The van der Waals surface area contributed by atoms with E-state index in [0.717, 1.165) is 6.07 Å². The number of rotatable bonds is 10. The summed E-state index contributed by atoms with van der Waals surface area (Å²) in [6, 6.07) is 17.0. The van der Waals surface area contributed by atoms with E-state index in [-0.39, 0.29) is 11.7 Å². The number of ether oxygens (including phenoxy) is 1. The average molecular weight is 506 g/mol. The number of carbonyl (C=O) groups excluding carboxylic acids is 3. The van der Waals surface area contributed by atoms with Crippen molar-refractivity contribution in [2.45, 2.75) is 32.3 Å². The van der Waals surface area contributed by atoms with Crippen LogP contribution in [0.4, 0.5) is 26.2 Å². The Hall–Kier alpha value is -4.66. The number of amides is 2. The zero-order valence-corrected chi connectivity index (χ0v) is 20.2. The first kappa shape index (κ1) is 26.9. The first-order valence-corrected chi connectivity index (χ1v) is 11.6. The number of Topliss-reactive ketones (excluding diaryl/α,β-unsaturated/α-hetero) is 1. The van der Waals surface area contributed by atoms with Gasteiger partial charge in [-0.2, -0.15) is 0 Å². The van der Waals surface area contributed by atoms with Crippen LogP contribution < -0.4 is 16.4 Å². The minimum atomic E-state index is -0.830. The monoisotopic (exact) mass is 505 g/mol. The SMILES string of the molecule is CC(=O)c1ccc(NC(=O)O[C@H](CCC/C=C/C(=O)Nc2ccccc2N)c2ccc(O)c(F)c2)cc1. The number of allylic oxidation sites excluding steroid dienone is 1. The molecule has 0 bridgehead atoms. The molecule has 0 aliphatic heterocycles. The van der Waals surface area contributed by atoms with Crippen LogP contribution in [0.15, 0.2) is 78.9 Å². The van der Waals surface area contributed by atoms with Crippen LogP contribution in [-0.4, -0.2) is 22.9 Å². The maximum Gasteiger partial charge on any atom is 0.412 e. The second kappa shape index (κ2) is 12.9. The highest BCUT2D eigenvalue weighted by molar-refractivity contribution is 6.01. The van der Waals surface area contributed by atoms with E-state index in [1.165, 1.54) is 25.1 Å². The zero-order valence-electron chi connectivity index (χ0n) is 20.2. The first-order chi connectivity index (χ1) is 17.7. The van der Waals surface area contributed by atoms with Crippen molar-refractivity contribution in [2.24, 2.45) is 0 Å². The Morgan fingerprint density at radius 1 is 1.05 bits per heavy atom. The van der Waals surface area contributed by atoms with E-state index in [1.54, 1.807) is 54.6 Å². The number of phenolic OH excluding ortho intramolecular Hbond substituents is 1. The van der Waals surface area contributed by atoms with Gasteiger partial charge in [0.25, 0.3) is 0 Å². The molecule has 0 aromatic heterocycles. The molecule has 8 nitrogen and oxygen atoms in total. The van der Waals surface area contributed by atoms with Gasteiger partial charge in [0.15, 0.2) is 17.3 Å². The summed E-state index contributed by atoms with van der Waals surface area (Å²) in [6.07, 6.45) is 2.84. The maximum absolute atomic E-state index is 14.0. The molecule has 0 saturated heterocycles. The Labute approximate surface area is 214 Å². The molecule has 3 aromatic rings. The lowest BCUT2D eigenvalue weighted by atomic mass is 10.0. The van der Waals surface area contributed by atoms with Gasteiger partial charge >= 0.3 is 6.09 Å². The summed E-state index contributed by atoms with van der Waals surface area (Å²) in [6.45, 7) is 1.44. The molecule has 0 radical (unpaired) electrons. The number of hydrogen-bond donors (Lipinski definition) is 4. The number of para-hydroxylation sites is 2. The second-order valence-corrected chi connectivity index (χ2v) is 8.27. The number of nitrogen functional groups attached to an aromatic ring is 1. The van der Waals surface area contributed by atoms with E-state index in [0.29, 0.717) is 47.5 Å². The third-order valence-corrected chi connectivity index (χ3v) is 5.46. The molecule has 1 atom stereocenters. The van der Waals surface area contributed by atoms with Gasteiger partial charge < -0.3 is 20.9 Å². The Balaban J connectivity index is 1.59. The highest BCUT2D eigenvalue weighted by Gasteiger charge is 2.18. The Morgan fingerprint density at radius 3 is 2.46 bits per heavy atom. The van der Waals surface area contributed by atoms with Gasteiger partial charge in [-0.15, -0.1) is 0 Å². The quantitative estimate of drug-likeness (QED) is 0.116. The lowest BCUT2D eigenvalue weighted by molar-refractivity contribution is -0.111. The number of ketones is 1. The minimum absolute atomic E-state index is 0.0979. The van der Waals surface area contributed by atoms with Crippen molar-refractivity contribution >= 4 is 34.8 Å². The van der Waals surface area contributed by atoms with Gasteiger partial charge in [0.2, 0.25) is 5.91 Å². The lowest BCUT2D eigenvalue weighted by Crippen LogP contribution is -2.18. The number of unbranched alkanes of at least 4 members (excludes halogenated alkanes) is 1. The van der Waals surface area contributed by atoms with Crippen molar-refractivity contribution in [1.29, 1.82) is 0 Å². The van der Waals surface area contributed by atoms with Gasteiger partial charge in [0, 0.05) is 11.3 Å². The first-order valence-electron chi connectivity index (χ1n) is 11.6. The van der Waals surface area contributed by atoms with Crippen LogP contribution in [0, 0.1) is 5.82 Å². The molecule has 3 rings (SSSR count). The van der Waals surface area contributed by atoms with Crippen molar-refractivity contribution in [3.63, 3.8) is 0 Å². The van der Waals surface area contributed by atoms with Gasteiger partial charge in [-0.05, 0) is 86.4 Å². The number of aromatic hydroxyl groups is 1. The van der Waals surface area contributed by atoms with Gasteiger partial charge in [-0.3, -0.25) is 14.9 Å². The Morgan fingerprint density at radius 2 is 1.78 bits per heavy atom. The van der Waals surface area contributed by atoms with Crippen LogP contribution >= 0.6 is 0 Å². The number of hydrogen-bond acceptors (Lipinski definition) is 6. The van der Waals surface area contributed by atoms with Crippen molar-refractivity contribution in [1.82, 2.24) is 0 Å². The minimum Gasteiger partial charge on any atom is -0.505 e. The predicted octanol–water partition coefficient (Wildman–Crippen LogP) is 5.97. The van der Waals surface area contributed by atoms with Crippen LogP contribution in [0.3, 0.4) is 0 Å². The molecular weight excluding hydrogens is 477 g/mol.